The maximum atomic E-state index is 12.2. The lowest BCUT2D eigenvalue weighted by molar-refractivity contribution is -0.117. The predicted molar refractivity (Wildman–Crippen MR) is 100 cm³/mol. The first kappa shape index (κ1) is 17.8. The number of nitrogens with zero attached hydrogens (tertiary/aromatic N) is 1. The Morgan fingerprint density at radius 1 is 1.04 bits per heavy atom. The molecule has 2 aromatic rings. The molecule has 0 aliphatic carbocycles. The van der Waals surface area contributed by atoms with Crippen LogP contribution >= 0.6 is 0 Å². The number of carbonyl (C=O) groups excluding carboxylic acids is 2. The Labute approximate surface area is 153 Å². The minimum Gasteiger partial charge on any atom is -0.492 e. The molecule has 3 rings (SSSR count). The van der Waals surface area contributed by atoms with Crippen LogP contribution in [0.1, 0.15) is 6.42 Å². The number of carbonyl (C=O) groups is 2. The van der Waals surface area contributed by atoms with E-state index >= 15 is 0 Å². The normalized spacial score (nSPS) is 16.4. The van der Waals surface area contributed by atoms with Gasteiger partial charge in [-0.15, -0.1) is 0 Å². The molecule has 1 aliphatic heterocycles. The number of rotatable bonds is 7. The van der Waals surface area contributed by atoms with Gasteiger partial charge < -0.3 is 20.3 Å². The molecule has 0 aromatic heterocycles. The van der Waals surface area contributed by atoms with Crippen LogP contribution in [0.4, 0.5) is 10.5 Å². The summed E-state index contributed by atoms with van der Waals surface area (Å²) in [5.74, 6) is 0.994. The van der Waals surface area contributed by atoms with Crippen molar-refractivity contribution in [3.63, 3.8) is 0 Å². The van der Waals surface area contributed by atoms with Crippen molar-refractivity contribution in [3.8, 4) is 5.75 Å². The van der Waals surface area contributed by atoms with Crippen molar-refractivity contribution < 1.29 is 14.3 Å². The number of hydrogen-bond acceptors (Lipinski definition) is 3. The molecule has 6 heteroatoms. The molecule has 6 nitrogen and oxygen atoms in total. The van der Waals surface area contributed by atoms with Gasteiger partial charge in [0.1, 0.15) is 12.4 Å². The van der Waals surface area contributed by atoms with Gasteiger partial charge in [-0.1, -0.05) is 36.4 Å². The van der Waals surface area contributed by atoms with Crippen LogP contribution in [0.2, 0.25) is 0 Å². The summed E-state index contributed by atoms with van der Waals surface area (Å²) in [7, 11) is 0. The van der Waals surface area contributed by atoms with Crippen molar-refractivity contribution in [2.45, 2.75) is 6.42 Å². The smallest absolute Gasteiger partial charge is 0.314 e. The van der Waals surface area contributed by atoms with Gasteiger partial charge in [0.25, 0.3) is 0 Å². The molecule has 136 valence electrons. The fraction of sp³-hybridized carbons (Fsp3) is 0.300. The lowest BCUT2D eigenvalue weighted by Crippen LogP contribution is -2.40. The minimum absolute atomic E-state index is 0.0969. The first-order valence-corrected chi connectivity index (χ1v) is 8.77. The van der Waals surface area contributed by atoms with Crippen LogP contribution in [0.15, 0.2) is 60.7 Å². The van der Waals surface area contributed by atoms with Crippen molar-refractivity contribution >= 4 is 17.6 Å². The van der Waals surface area contributed by atoms with Gasteiger partial charge in [-0.05, 0) is 24.3 Å². The maximum absolute atomic E-state index is 12.2. The van der Waals surface area contributed by atoms with E-state index in [2.05, 4.69) is 10.6 Å². The van der Waals surface area contributed by atoms with Crippen molar-refractivity contribution in [1.82, 2.24) is 10.6 Å². The summed E-state index contributed by atoms with van der Waals surface area (Å²) in [6, 6.07) is 18.8. The quantitative estimate of drug-likeness (QED) is 0.751. The average Bonchev–Trinajstić information content (AvgIpc) is 3.06. The molecule has 1 aliphatic rings. The second-order valence-electron chi connectivity index (χ2n) is 6.21. The first-order valence-electron chi connectivity index (χ1n) is 8.77. The molecule has 2 aromatic carbocycles. The largest absolute Gasteiger partial charge is 0.492 e. The number of anilines is 1. The Bertz CT molecular complexity index is 722. The monoisotopic (exact) mass is 353 g/mol. The molecule has 1 saturated heterocycles. The van der Waals surface area contributed by atoms with Crippen LogP contribution in [-0.2, 0) is 4.79 Å². The van der Waals surface area contributed by atoms with Gasteiger partial charge in [0, 0.05) is 31.1 Å². The number of urea groups is 1. The van der Waals surface area contributed by atoms with E-state index in [4.69, 9.17) is 4.74 Å². The predicted octanol–water partition coefficient (Wildman–Crippen LogP) is 2.42. The lowest BCUT2D eigenvalue weighted by Gasteiger charge is -2.17. The third-order valence-electron chi connectivity index (χ3n) is 4.22. The summed E-state index contributed by atoms with van der Waals surface area (Å²) in [6.45, 7) is 1.92. The molecule has 0 radical (unpaired) electrons. The molecule has 0 saturated carbocycles. The van der Waals surface area contributed by atoms with E-state index in [0.717, 1.165) is 11.4 Å². The highest BCUT2D eigenvalue weighted by Gasteiger charge is 2.30. The number of hydrogen-bond donors (Lipinski definition) is 2. The van der Waals surface area contributed by atoms with Crippen LogP contribution in [0.3, 0.4) is 0 Å². The molecular formula is C20H23N3O3. The highest BCUT2D eigenvalue weighted by atomic mass is 16.5. The van der Waals surface area contributed by atoms with Gasteiger partial charge in [-0.2, -0.15) is 0 Å². The van der Waals surface area contributed by atoms with Crippen molar-refractivity contribution in [2.24, 2.45) is 5.92 Å². The molecule has 1 fully saturated rings. The molecular weight excluding hydrogens is 330 g/mol. The van der Waals surface area contributed by atoms with Crippen LogP contribution in [-0.4, -0.2) is 38.2 Å². The minimum atomic E-state index is -0.243. The fourth-order valence-corrected chi connectivity index (χ4v) is 2.93. The van der Waals surface area contributed by atoms with Crippen molar-refractivity contribution in [2.75, 3.05) is 31.1 Å². The zero-order valence-electron chi connectivity index (χ0n) is 14.6. The number of nitrogens with one attached hydrogen (secondary N) is 2. The Balaban J connectivity index is 1.34. The standard InChI is InChI=1S/C20H23N3O3/c24-19-13-16(15-23(19)17-7-3-1-4-8-17)14-22-20(25)21-11-12-26-18-9-5-2-6-10-18/h1-10,16H,11-15H2,(H2,21,22,25). The van der Waals surface area contributed by atoms with E-state index in [0.29, 0.717) is 32.7 Å². The van der Waals surface area contributed by atoms with Crippen LogP contribution in [0.25, 0.3) is 0 Å². The summed E-state index contributed by atoms with van der Waals surface area (Å²) in [6.07, 6.45) is 0.451. The van der Waals surface area contributed by atoms with E-state index in [1.807, 2.05) is 60.7 Å². The summed E-state index contributed by atoms with van der Waals surface area (Å²) in [4.78, 5) is 25.8. The zero-order valence-corrected chi connectivity index (χ0v) is 14.6. The number of para-hydroxylation sites is 2. The number of benzene rings is 2. The Morgan fingerprint density at radius 2 is 1.73 bits per heavy atom. The SMILES string of the molecule is O=C(NCCOc1ccccc1)NCC1CC(=O)N(c2ccccc2)C1. The van der Waals surface area contributed by atoms with E-state index < -0.39 is 0 Å². The topological polar surface area (TPSA) is 70.7 Å². The van der Waals surface area contributed by atoms with E-state index in [1.54, 1.807) is 4.90 Å². The summed E-state index contributed by atoms with van der Waals surface area (Å²) >= 11 is 0. The zero-order chi connectivity index (χ0) is 18.2. The van der Waals surface area contributed by atoms with Crippen LogP contribution in [0, 0.1) is 5.92 Å². The molecule has 1 unspecified atom stereocenters. The molecule has 26 heavy (non-hydrogen) atoms. The second kappa shape index (κ2) is 8.89. The van der Waals surface area contributed by atoms with Crippen LogP contribution in [0.5, 0.6) is 5.75 Å². The van der Waals surface area contributed by atoms with Crippen LogP contribution < -0.4 is 20.3 Å². The molecule has 0 spiro atoms. The molecule has 2 N–H and O–H groups in total. The Hall–Kier alpha value is -3.02. The van der Waals surface area contributed by atoms with E-state index in [-0.39, 0.29) is 17.9 Å². The molecule has 3 amide bonds. The van der Waals surface area contributed by atoms with Crippen molar-refractivity contribution in [1.29, 1.82) is 0 Å². The first-order chi connectivity index (χ1) is 12.7. The number of ether oxygens (including phenoxy) is 1. The summed E-state index contributed by atoms with van der Waals surface area (Å²) in [5, 5.41) is 5.59. The molecule has 1 heterocycles. The Morgan fingerprint density at radius 3 is 2.46 bits per heavy atom. The summed E-state index contributed by atoms with van der Waals surface area (Å²) < 4.78 is 5.52. The van der Waals surface area contributed by atoms with Gasteiger partial charge in [-0.25, -0.2) is 4.79 Å². The highest BCUT2D eigenvalue weighted by Crippen LogP contribution is 2.24. The molecule has 0 bridgehead atoms. The van der Waals surface area contributed by atoms with Crippen molar-refractivity contribution in [3.05, 3.63) is 60.7 Å². The van der Waals surface area contributed by atoms with Gasteiger partial charge >= 0.3 is 6.03 Å². The number of amides is 3. The van der Waals surface area contributed by atoms with Gasteiger partial charge in [0.2, 0.25) is 5.91 Å². The third kappa shape index (κ3) is 4.99. The van der Waals surface area contributed by atoms with Gasteiger partial charge in [0.05, 0.1) is 6.54 Å². The average molecular weight is 353 g/mol. The molecule has 1 atom stereocenters. The van der Waals surface area contributed by atoms with Gasteiger partial charge in [-0.3, -0.25) is 4.79 Å². The highest BCUT2D eigenvalue weighted by molar-refractivity contribution is 5.95. The van der Waals surface area contributed by atoms with Gasteiger partial charge in [0.15, 0.2) is 0 Å². The maximum Gasteiger partial charge on any atom is 0.314 e. The lowest BCUT2D eigenvalue weighted by atomic mass is 10.1. The third-order valence-corrected chi connectivity index (χ3v) is 4.22. The summed E-state index contributed by atoms with van der Waals surface area (Å²) in [5.41, 5.74) is 0.905. The Kier molecular flexibility index (Phi) is 6.09. The fourth-order valence-electron chi connectivity index (χ4n) is 2.93. The van der Waals surface area contributed by atoms with E-state index in [9.17, 15) is 9.59 Å². The second-order valence-corrected chi connectivity index (χ2v) is 6.21. The van der Waals surface area contributed by atoms with E-state index in [1.165, 1.54) is 0 Å².